The number of nitrogens with one attached hydrogen (secondary N) is 1. The van der Waals surface area contributed by atoms with Gasteiger partial charge in [0.2, 0.25) is 11.8 Å². The Hall–Kier alpha value is -1.53. The molecule has 1 heterocycles. The lowest BCUT2D eigenvalue weighted by Crippen LogP contribution is -2.52. The first kappa shape index (κ1) is 21.8. The maximum absolute atomic E-state index is 12.5. The number of nitrogens with zero attached hydrogens (tertiary/aromatic N) is 2. The zero-order chi connectivity index (χ0) is 19.8. The third kappa shape index (κ3) is 6.54. The van der Waals surface area contributed by atoms with Gasteiger partial charge in [0, 0.05) is 31.9 Å². The second kappa shape index (κ2) is 10.7. The van der Waals surface area contributed by atoms with Crippen LogP contribution in [0, 0.1) is 13.8 Å². The maximum atomic E-state index is 12.5. The number of hydrogen-bond acceptors (Lipinski definition) is 4. The summed E-state index contributed by atoms with van der Waals surface area (Å²) < 4.78 is 0. The lowest BCUT2D eigenvalue weighted by atomic mass is 10.1. The highest BCUT2D eigenvalue weighted by Crippen LogP contribution is 2.18. The number of hydrogen-bond donors (Lipinski definition) is 1. The average molecular weight is 392 g/mol. The molecule has 1 saturated heterocycles. The molecule has 1 aromatic carbocycles. The van der Waals surface area contributed by atoms with Crippen molar-refractivity contribution in [3.8, 4) is 0 Å². The largest absolute Gasteiger partial charge is 0.339 e. The van der Waals surface area contributed by atoms with E-state index in [2.05, 4.69) is 17.1 Å². The fraction of sp³-hybridized carbons (Fsp3) is 0.619. The van der Waals surface area contributed by atoms with Crippen LogP contribution in [0.1, 0.15) is 37.8 Å². The summed E-state index contributed by atoms with van der Waals surface area (Å²) in [7, 11) is 0. The zero-order valence-electron chi connectivity index (χ0n) is 17.1. The molecular formula is C21H33N3O2S. The van der Waals surface area contributed by atoms with Gasteiger partial charge in [0.1, 0.15) is 0 Å². The van der Waals surface area contributed by atoms with E-state index in [0.717, 1.165) is 42.9 Å². The van der Waals surface area contributed by atoms with Crippen molar-refractivity contribution in [3.63, 3.8) is 0 Å². The Morgan fingerprint density at radius 2 is 1.89 bits per heavy atom. The Kier molecular flexibility index (Phi) is 8.64. The first-order chi connectivity index (χ1) is 12.9. The first-order valence-electron chi connectivity index (χ1n) is 9.91. The third-order valence-corrected chi connectivity index (χ3v) is 6.37. The molecule has 2 amide bonds. The van der Waals surface area contributed by atoms with E-state index in [4.69, 9.17) is 0 Å². The third-order valence-electron chi connectivity index (χ3n) is 5.14. The molecule has 1 N–H and O–H groups in total. The number of unbranched alkanes of at least 4 members (excludes halogenated alkanes) is 1. The Labute approximate surface area is 167 Å². The molecule has 1 aliphatic heterocycles. The molecule has 1 aliphatic rings. The summed E-state index contributed by atoms with van der Waals surface area (Å²) in [6.45, 7) is 11.5. The van der Waals surface area contributed by atoms with Crippen molar-refractivity contribution in [3.05, 3.63) is 29.3 Å². The smallest absolute Gasteiger partial charge is 0.238 e. The molecule has 1 aromatic rings. The van der Waals surface area contributed by atoms with Gasteiger partial charge in [-0.15, -0.1) is 11.8 Å². The number of benzene rings is 1. The van der Waals surface area contributed by atoms with E-state index >= 15 is 0 Å². The molecule has 2 rings (SSSR count). The van der Waals surface area contributed by atoms with Gasteiger partial charge in [-0.2, -0.15) is 0 Å². The Balaban J connectivity index is 1.76. The summed E-state index contributed by atoms with van der Waals surface area (Å²) in [4.78, 5) is 29.0. The molecule has 0 aliphatic carbocycles. The van der Waals surface area contributed by atoms with Crippen LogP contribution in [0.4, 0.5) is 5.69 Å². The van der Waals surface area contributed by atoms with Crippen LogP contribution < -0.4 is 5.32 Å². The van der Waals surface area contributed by atoms with Crippen LogP contribution in [-0.2, 0) is 9.59 Å². The predicted octanol–water partition coefficient (Wildman–Crippen LogP) is 3.31. The molecule has 0 saturated carbocycles. The Morgan fingerprint density at radius 3 is 2.56 bits per heavy atom. The van der Waals surface area contributed by atoms with Crippen molar-refractivity contribution in [2.75, 3.05) is 43.8 Å². The average Bonchev–Trinajstić information content (AvgIpc) is 2.65. The lowest BCUT2D eigenvalue weighted by Gasteiger charge is -2.35. The highest BCUT2D eigenvalue weighted by molar-refractivity contribution is 8.00. The summed E-state index contributed by atoms with van der Waals surface area (Å²) in [5, 5.41) is 3.04. The van der Waals surface area contributed by atoms with E-state index in [1.54, 1.807) is 11.8 Å². The molecule has 5 nitrogen and oxygen atoms in total. The monoisotopic (exact) mass is 391 g/mol. The van der Waals surface area contributed by atoms with E-state index in [1.807, 2.05) is 43.9 Å². The number of thioether (sulfide) groups is 1. The van der Waals surface area contributed by atoms with Gasteiger partial charge in [-0.1, -0.05) is 25.5 Å². The number of amides is 2. The van der Waals surface area contributed by atoms with Gasteiger partial charge in [-0.05, 0) is 50.1 Å². The number of aryl methyl sites for hydroxylation is 1. The first-order valence-corrected chi connectivity index (χ1v) is 11.0. The number of carbonyl (C=O) groups excluding carboxylic acids is 2. The summed E-state index contributed by atoms with van der Waals surface area (Å²) in [5.41, 5.74) is 3.16. The van der Waals surface area contributed by atoms with Gasteiger partial charge in [-0.25, -0.2) is 0 Å². The van der Waals surface area contributed by atoms with E-state index in [-0.39, 0.29) is 17.1 Å². The molecule has 1 unspecified atom stereocenters. The number of piperazine rings is 1. The quantitative estimate of drug-likeness (QED) is 0.691. The van der Waals surface area contributed by atoms with E-state index < -0.39 is 0 Å². The van der Waals surface area contributed by atoms with Crippen LogP contribution in [0.15, 0.2) is 18.2 Å². The van der Waals surface area contributed by atoms with Crippen LogP contribution in [-0.4, -0.2) is 65.3 Å². The molecule has 27 heavy (non-hydrogen) atoms. The molecule has 150 valence electrons. The predicted molar refractivity (Wildman–Crippen MR) is 114 cm³/mol. The molecule has 1 atom stereocenters. The minimum absolute atomic E-state index is 0.00645. The summed E-state index contributed by atoms with van der Waals surface area (Å²) in [5.74, 6) is 1.28. The minimum atomic E-state index is 0.00645. The van der Waals surface area contributed by atoms with Crippen molar-refractivity contribution in [2.24, 2.45) is 0 Å². The zero-order valence-corrected chi connectivity index (χ0v) is 17.9. The van der Waals surface area contributed by atoms with E-state index in [0.29, 0.717) is 19.6 Å². The number of rotatable bonds is 8. The molecule has 0 spiro atoms. The van der Waals surface area contributed by atoms with Crippen LogP contribution in [0.5, 0.6) is 0 Å². The van der Waals surface area contributed by atoms with Crippen molar-refractivity contribution in [1.82, 2.24) is 9.80 Å². The molecule has 1 fully saturated rings. The number of anilines is 1. The van der Waals surface area contributed by atoms with Gasteiger partial charge >= 0.3 is 0 Å². The second-order valence-electron chi connectivity index (χ2n) is 7.26. The Bertz CT molecular complexity index is 642. The van der Waals surface area contributed by atoms with Crippen molar-refractivity contribution in [2.45, 2.75) is 45.8 Å². The normalized spacial score (nSPS) is 16.2. The summed E-state index contributed by atoms with van der Waals surface area (Å²) in [6.07, 6.45) is 2.32. The molecule has 6 heteroatoms. The van der Waals surface area contributed by atoms with Gasteiger partial charge < -0.3 is 10.2 Å². The van der Waals surface area contributed by atoms with E-state index in [1.165, 1.54) is 5.56 Å². The van der Waals surface area contributed by atoms with Crippen molar-refractivity contribution in [1.29, 1.82) is 0 Å². The van der Waals surface area contributed by atoms with Gasteiger partial charge in [0.25, 0.3) is 0 Å². The van der Waals surface area contributed by atoms with Gasteiger partial charge in [0.15, 0.2) is 0 Å². The van der Waals surface area contributed by atoms with Crippen LogP contribution in [0.25, 0.3) is 0 Å². The topological polar surface area (TPSA) is 52.7 Å². The van der Waals surface area contributed by atoms with Crippen molar-refractivity contribution >= 4 is 29.3 Å². The number of carbonyl (C=O) groups is 2. The van der Waals surface area contributed by atoms with Crippen LogP contribution in [0.3, 0.4) is 0 Å². The van der Waals surface area contributed by atoms with Crippen LogP contribution >= 0.6 is 11.8 Å². The standard InChI is InChI=1S/C21H33N3O2S/c1-5-6-14-27-18(4)21(26)24-12-10-23(11-13-24)15-20(25)22-19-9-7-8-16(2)17(19)3/h7-9,18H,5-6,10-15H2,1-4H3,(H,22,25). The highest BCUT2D eigenvalue weighted by Gasteiger charge is 2.25. The van der Waals surface area contributed by atoms with E-state index in [9.17, 15) is 9.59 Å². The van der Waals surface area contributed by atoms with Gasteiger partial charge in [0.05, 0.1) is 11.8 Å². The summed E-state index contributed by atoms with van der Waals surface area (Å²) in [6, 6.07) is 5.94. The highest BCUT2D eigenvalue weighted by atomic mass is 32.2. The fourth-order valence-electron chi connectivity index (χ4n) is 3.14. The SMILES string of the molecule is CCCCSC(C)C(=O)N1CCN(CC(=O)Nc2cccc(C)c2C)CC1. The molecule has 0 bridgehead atoms. The van der Waals surface area contributed by atoms with Crippen molar-refractivity contribution < 1.29 is 9.59 Å². The maximum Gasteiger partial charge on any atom is 0.238 e. The lowest BCUT2D eigenvalue weighted by molar-refractivity contribution is -0.132. The van der Waals surface area contributed by atoms with Gasteiger partial charge in [-0.3, -0.25) is 14.5 Å². The fourth-order valence-corrected chi connectivity index (χ4v) is 4.24. The molecule has 0 radical (unpaired) electrons. The second-order valence-corrected chi connectivity index (χ2v) is 8.71. The van der Waals surface area contributed by atoms with Crippen LogP contribution in [0.2, 0.25) is 0 Å². The molecule has 0 aromatic heterocycles. The molecular weight excluding hydrogens is 358 g/mol. The Morgan fingerprint density at radius 1 is 1.19 bits per heavy atom. The summed E-state index contributed by atoms with van der Waals surface area (Å²) >= 11 is 1.75. The minimum Gasteiger partial charge on any atom is -0.339 e.